The number of hydrogen-bond acceptors (Lipinski definition) is 8. The first-order valence-electron chi connectivity index (χ1n) is 12.2. The molecule has 1 aliphatic heterocycles. The van der Waals surface area contributed by atoms with Gasteiger partial charge in [0.25, 0.3) is 0 Å². The molecule has 0 bridgehead atoms. The number of thiophene rings is 1. The van der Waals surface area contributed by atoms with Gasteiger partial charge in [0.2, 0.25) is 5.91 Å². The first-order valence-corrected chi connectivity index (χ1v) is 13.4. The topological polar surface area (TPSA) is 110 Å². The summed E-state index contributed by atoms with van der Waals surface area (Å²) in [7, 11) is 1.67. The van der Waals surface area contributed by atoms with Crippen molar-refractivity contribution in [3.05, 3.63) is 69.7 Å². The number of nitrogens with zero attached hydrogens (tertiary/aromatic N) is 2. The molecule has 0 saturated carbocycles. The minimum atomic E-state index is -0.621. The summed E-state index contributed by atoms with van der Waals surface area (Å²) in [5.41, 5.74) is 6.97. The minimum absolute atomic E-state index is 0.0219. The van der Waals surface area contributed by atoms with Crippen LogP contribution < -0.4 is 15.6 Å². The second-order valence-corrected chi connectivity index (χ2v) is 11.4. The lowest BCUT2D eigenvalue weighted by Gasteiger charge is -2.22. The summed E-state index contributed by atoms with van der Waals surface area (Å²) in [4.78, 5) is 43.6. The molecule has 0 saturated heterocycles. The van der Waals surface area contributed by atoms with Crippen LogP contribution in [-0.4, -0.2) is 46.5 Å². The van der Waals surface area contributed by atoms with Crippen LogP contribution in [0.15, 0.2) is 48.7 Å². The van der Waals surface area contributed by atoms with Gasteiger partial charge in [-0.3, -0.25) is 15.0 Å². The molecule has 2 N–H and O–H groups in total. The molecule has 2 amide bonds. The van der Waals surface area contributed by atoms with E-state index in [0.29, 0.717) is 33.5 Å². The lowest BCUT2D eigenvalue weighted by Crippen LogP contribution is -2.39. The SMILES string of the molecule is CC(=O)c1ccc(-c2cc(Cl)c3c(c2)CC(N(C)C(=O)/C=C\c2ccc(NNC(=O)OC(C)(C)C)nc2)O3)s1. The van der Waals surface area contributed by atoms with Crippen molar-refractivity contribution in [2.45, 2.75) is 45.9 Å². The van der Waals surface area contributed by atoms with Gasteiger partial charge < -0.3 is 14.4 Å². The molecular weight excluding hydrogens is 540 g/mol. The highest BCUT2D eigenvalue weighted by atomic mass is 35.5. The third-order valence-corrected chi connectivity index (χ3v) is 7.20. The highest BCUT2D eigenvalue weighted by molar-refractivity contribution is 7.17. The summed E-state index contributed by atoms with van der Waals surface area (Å²) in [5.74, 6) is 0.746. The number of amides is 2. The first-order chi connectivity index (χ1) is 18.4. The average Bonchev–Trinajstić information content (AvgIpc) is 3.53. The van der Waals surface area contributed by atoms with E-state index in [2.05, 4.69) is 15.8 Å². The Balaban J connectivity index is 1.35. The number of likely N-dealkylation sites (N-methyl/N-ethyl adjacent to an activating group) is 1. The maximum absolute atomic E-state index is 12.9. The molecule has 3 heterocycles. The van der Waals surface area contributed by atoms with E-state index >= 15 is 0 Å². The molecule has 39 heavy (non-hydrogen) atoms. The third kappa shape index (κ3) is 7.15. The molecule has 1 atom stereocenters. The molecule has 11 heteroatoms. The standard InChI is InChI=1S/C28H29ClN4O5S/c1-16(34)21-8-9-22(39-21)18-12-19-14-25(37-26(19)20(29)13-18)33(5)24(35)11-7-17-6-10-23(30-15-17)31-32-27(36)38-28(2,3)4/h6-13,15,25H,14H2,1-5H3,(H,30,31)(H,32,36)/b11-7-. The number of hydrogen-bond donors (Lipinski definition) is 2. The molecule has 0 aliphatic carbocycles. The number of fused-ring (bicyclic) bond motifs is 1. The average molecular weight is 569 g/mol. The van der Waals surface area contributed by atoms with E-state index in [1.807, 2.05) is 24.3 Å². The second kappa shape index (κ2) is 11.5. The molecule has 1 aromatic carbocycles. The number of aromatic nitrogens is 1. The summed E-state index contributed by atoms with van der Waals surface area (Å²) < 4.78 is 11.2. The van der Waals surface area contributed by atoms with Crippen LogP contribution in [0.25, 0.3) is 16.5 Å². The molecule has 4 rings (SSSR count). The smallest absolute Gasteiger partial charge is 0.426 e. The van der Waals surface area contributed by atoms with E-state index in [9.17, 15) is 14.4 Å². The zero-order chi connectivity index (χ0) is 28.3. The van der Waals surface area contributed by atoms with Crippen LogP contribution in [0.3, 0.4) is 0 Å². The first kappa shape index (κ1) is 28.1. The number of anilines is 1. The number of rotatable bonds is 7. The quantitative estimate of drug-likeness (QED) is 0.206. The van der Waals surface area contributed by atoms with Crippen molar-refractivity contribution in [3.8, 4) is 16.2 Å². The Hall–Kier alpha value is -3.89. The van der Waals surface area contributed by atoms with Crippen molar-refractivity contribution in [2.24, 2.45) is 0 Å². The number of carbonyl (C=O) groups is 3. The predicted octanol–water partition coefficient (Wildman–Crippen LogP) is 5.95. The molecule has 0 radical (unpaired) electrons. The summed E-state index contributed by atoms with van der Waals surface area (Å²) in [6.45, 7) is 6.85. The molecule has 0 fully saturated rings. The van der Waals surface area contributed by atoms with E-state index in [1.54, 1.807) is 59.1 Å². The highest BCUT2D eigenvalue weighted by Gasteiger charge is 2.30. The Kier molecular flexibility index (Phi) is 8.27. The number of hydrazine groups is 1. The van der Waals surface area contributed by atoms with Gasteiger partial charge in [0, 0.05) is 36.2 Å². The largest absolute Gasteiger partial charge is 0.468 e. The zero-order valence-corrected chi connectivity index (χ0v) is 23.8. The van der Waals surface area contributed by atoms with Crippen molar-refractivity contribution in [1.82, 2.24) is 15.3 Å². The molecule has 0 spiro atoms. The Morgan fingerprint density at radius 2 is 1.97 bits per heavy atom. The van der Waals surface area contributed by atoms with Gasteiger partial charge in [0.1, 0.15) is 17.2 Å². The van der Waals surface area contributed by atoms with Crippen molar-refractivity contribution in [3.63, 3.8) is 0 Å². The highest BCUT2D eigenvalue weighted by Crippen LogP contribution is 2.41. The second-order valence-electron chi connectivity index (χ2n) is 9.95. The number of benzene rings is 1. The zero-order valence-electron chi connectivity index (χ0n) is 22.2. The number of carbonyl (C=O) groups excluding carboxylic acids is 3. The number of nitrogens with one attached hydrogen (secondary N) is 2. The van der Waals surface area contributed by atoms with Gasteiger partial charge in [0.15, 0.2) is 12.0 Å². The normalized spacial score (nSPS) is 14.5. The van der Waals surface area contributed by atoms with Crippen LogP contribution >= 0.6 is 22.9 Å². The lowest BCUT2D eigenvalue weighted by atomic mass is 10.1. The Bertz CT molecular complexity index is 1430. The monoisotopic (exact) mass is 568 g/mol. The van der Waals surface area contributed by atoms with E-state index in [4.69, 9.17) is 21.1 Å². The summed E-state index contributed by atoms with van der Waals surface area (Å²) in [6.07, 6.45) is 4.00. The van der Waals surface area contributed by atoms with Crippen LogP contribution in [-0.2, 0) is 16.0 Å². The summed E-state index contributed by atoms with van der Waals surface area (Å²) >= 11 is 7.93. The van der Waals surface area contributed by atoms with Gasteiger partial charge in [-0.25, -0.2) is 15.2 Å². The minimum Gasteiger partial charge on any atom is -0.468 e. The summed E-state index contributed by atoms with van der Waals surface area (Å²) in [6, 6.07) is 10.9. The van der Waals surface area contributed by atoms with Gasteiger partial charge in [-0.15, -0.1) is 11.3 Å². The van der Waals surface area contributed by atoms with Gasteiger partial charge in [0.05, 0.1) is 9.90 Å². The molecule has 1 unspecified atom stereocenters. The molecule has 9 nitrogen and oxygen atoms in total. The van der Waals surface area contributed by atoms with Crippen LogP contribution in [0.1, 0.15) is 48.5 Å². The number of Topliss-reactive ketones (excluding diaryl/α,β-unsaturated/α-hetero) is 1. The van der Waals surface area contributed by atoms with Crippen LogP contribution in [0, 0.1) is 0 Å². The fourth-order valence-electron chi connectivity index (χ4n) is 3.76. The molecular formula is C28H29ClN4O5S. The van der Waals surface area contributed by atoms with E-state index < -0.39 is 17.9 Å². The maximum Gasteiger partial charge on any atom is 0.426 e. The Labute approximate surface area is 235 Å². The molecule has 3 aromatic rings. The number of pyridine rings is 1. The van der Waals surface area contributed by atoms with E-state index in [-0.39, 0.29) is 11.7 Å². The van der Waals surface area contributed by atoms with E-state index in [1.165, 1.54) is 22.3 Å². The van der Waals surface area contributed by atoms with Crippen LogP contribution in [0.5, 0.6) is 5.75 Å². The van der Waals surface area contributed by atoms with E-state index in [0.717, 1.165) is 16.0 Å². The van der Waals surface area contributed by atoms with Crippen molar-refractivity contribution < 1.29 is 23.9 Å². The number of halogens is 1. The Morgan fingerprint density at radius 3 is 2.62 bits per heavy atom. The van der Waals surface area contributed by atoms with Gasteiger partial charge in [-0.1, -0.05) is 11.6 Å². The third-order valence-electron chi connectivity index (χ3n) is 5.68. The molecule has 204 valence electrons. The fourth-order valence-corrected chi connectivity index (χ4v) is 4.94. The Morgan fingerprint density at radius 1 is 1.21 bits per heavy atom. The predicted molar refractivity (Wildman–Crippen MR) is 152 cm³/mol. The lowest BCUT2D eigenvalue weighted by molar-refractivity contribution is -0.131. The van der Waals surface area contributed by atoms with Crippen molar-refractivity contribution in [1.29, 1.82) is 0 Å². The van der Waals surface area contributed by atoms with Crippen molar-refractivity contribution >= 4 is 52.6 Å². The van der Waals surface area contributed by atoms with Gasteiger partial charge in [-0.2, -0.15) is 0 Å². The fraction of sp³-hybridized carbons (Fsp3) is 0.286. The van der Waals surface area contributed by atoms with Crippen molar-refractivity contribution in [2.75, 3.05) is 12.5 Å². The molecule has 2 aromatic heterocycles. The van der Waals surface area contributed by atoms with Gasteiger partial charge >= 0.3 is 6.09 Å². The van der Waals surface area contributed by atoms with Crippen LogP contribution in [0.4, 0.5) is 10.6 Å². The number of ketones is 1. The number of ether oxygens (including phenoxy) is 2. The molecule has 1 aliphatic rings. The summed E-state index contributed by atoms with van der Waals surface area (Å²) in [5, 5.41) is 0.458. The maximum atomic E-state index is 12.9. The van der Waals surface area contributed by atoms with Gasteiger partial charge in [-0.05, 0) is 81.3 Å². The van der Waals surface area contributed by atoms with Crippen LogP contribution in [0.2, 0.25) is 5.02 Å².